The molecule has 1 aromatic heterocycles. The molecule has 3 aromatic rings. The van der Waals surface area contributed by atoms with Gasteiger partial charge in [-0.2, -0.15) is 0 Å². The molecule has 1 spiro atoms. The first-order chi connectivity index (χ1) is 31.6. The van der Waals surface area contributed by atoms with Crippen LogP contribution in [0.25, 0.3) is 11.3 Å². The minimum atomic E-state index is -3.54. The minimum Gasteiger partial charge on any atom is -0.486 e. The maximum absolute atomic E-state index is 15.6. The van der Waals surface area contributed by atoms with Crippen molar-refractivity contribution in [1.82, 2.24) is 29.4 Å². The summed E-state index contributed by atoms with van der Waals surface area (Å²) in [5, 5.41) is 4.97. The van der Waals surface area contributed by atoms with Gasteiger partial charge in [0, 0.05) is 56.3 Å². The Morgan fingerprint density at radius 1 is 0.818 bits per heavy atom. The molecular formula is C46H54F3N9O7S. The molecule has 5 fully saturated rings. The van der Waals surface area contributed by atoms with Crippen molar-refractivity contribution < 1.29 is 45.5 Å². The third-order valence-electron chi connectivity index (χ3n) is 15.1. The van der Waals surface area contributed by atoms with E-state index in [0.29, 0.717) is 89.8 Å². The van der Waals surface area contributed by atoms with Crippen LogP contribution in [-0.4, -0.2) is 138 Å². The lowest BCUT2D eigenvalue weighted by Crippen LogP contribution is -2.57. The number of carbonyl (C=O) groups is 4. The van der Waals surface area contributed by atoms with E-state index in [1.54, 1.807) is 10.4 Å². The average Bonchev–Trinajstić information content (AvgIpc) is 3.52. The molecule has 16 nitrogen and oxygen atoms in total. The summed E-state index contributed by atoms with van der Waals surface area (Å²) in [6, 6.07) is 4.59. The molecule has 1 aliphatic carbocycles. The normalized spacial score (nSPS) is 23.5. The maximum Gasteiger partial charge on any atom is 0.262 e. The number of likely N-dealkylation sites (tertiary alicyclic amines) is 1. The molecule has 352 valence electrons. The van der Waals surface area contributed by atoms with Gasteiger partial charge in [-0.05, 0) is 114 Å². The Hall–Kier alpha value is -5.34. The highest BCUT2D eigenvalue weighted by atomic mass is 32.2. The summed E-state index contributed by atoms with van der Waals surface area (Å²) < 4.78 is 80.9. The van der Waals surface area contributed by atoms with Crippen molar-refractivity contribution in [3.8, 4) is 17.0 Å². The van der Waals surface area contributed by atoms with Crippen molar-refractivity contribution in [2.24, 2.45) is 5.41 Å². The van der Waals surface area contributed by atoms with E-state index in [4.69, 9.17) is 4.74 Å². The van der Waals surface area contributed by atoms with Crippen molar-refractivity contribution >= 4 is 51.0 Å². The van der Waals surface area contributed by atoms with Crippen LogP contribution in [0.4, 0.5) is 30.5 Å². The lowest BCUT2D eigenvalue weighted by atomic mass is 9.59. The number of nitrogens with one attached hydrogen (secondary N) is 2. The summed E-state index contributed by atoms with van der Waals surface area (Å²) in [6.07, 6.45) is 6.85. The van der Waals surface area contributed by atoms with Gasteiger partial charge in [0.2, 0.25) is 27.8 Å². The Kier molecular flexibility index (Phi) is 11.5. The highest BCUT2D eigenvalue weighted by Crippen LogP contribution is 2.52. The molecule has 20 heteroatoms. The van der Waals surface area contributed by atoms with Crippen molar-refractivity contribution in [3.63, 3.8) is 0 Å². The van der Waals surface area contributed by atoms with E-state index in [0.717, 1.165) is 42.8 Å². The van der Waals surface area contributed by atoms with E-state index >= 15 is 13.2 Å². The monoisotopic (exact) mass is 933 g/mol. The summed E-state index contributed by atoms with van der Waals surface area (Å²) in [7, 11) is -3.54. The zero-order valence-corrected chi connectivity index (χ0v) is 37.8. The molecule has 0 bridgehead atoms. The Bertz CT molecular complexity index is 2590. The van der Waals surface area contributed by atoms with Gasteiger partial charge < -0.3 is 24.8 Å². The number of piperidine rings is 4. The number of sulfonamides is 1. The van der Waals surface area contributed by atoms with Gasteiger partial charge in [0.05, 0.1) is 40.5 Å². The number of imide groups is 2. The Labute approximate surface area is 381 Å². The zero-order chi connectivity index (χ0) is 46.2. The minimum absolute atomic E-state index is 0.000397. The van der Waals surface area contributed by atoms with Crippen LogP contribution in [0.15, 0.2) is 30.5 Å². The molecule has 7 aliphatic rings. The highest BCUT2D eigenvalue weighted by molar-refractivity contribution is 7.89. The number of hydrogen-bond acceptors (Lipinski definition) is 13. The summed E-state index contributed by atoms with van der Waals surface area (Å²) in [5.41, 5.74) is 1.10. The van der Waals surface area contributed by atoms with E-state index in [-0.39, 0.29) is 70.1 Å². The fourth-order valence-corrected chi connectivity index (χ4v) is 13.3. The van der Waals surface area contributed by atoms with Crippen LogP contribution in [0.1, 0.15) is 98.8 Å². The van der Waals surface area contributed by atoms with Crippen LogP contribution < -0.4 is 25.2 Å². The zero-order valence-electron chi connectivity index (χ0n) is 37.0. The Morgan fingerprint density at radius 3 is 2.20 bits per heavy atom. The van der Waals surface area contributed by atoms with Gasteiger partial charge in [0.25, 0.3) is 11.8 Å². The second-order valence-corrected chi connectivity index (χ2v) is 21.5. The number of amides is 4. The van der Waals surface area contributed by atoms with Gasteiger partial charge in [-0.25, -0.2) is 35.9 Å². The third-order valence-corrected chi connectivity index (χ3v) is 17.5. The van der Waals surface area contributed by atoms with Gasteiger partial charge in [-0.1, -0.05) is 0 Å². The molecule has 6 aliphatic heterocycles. The van der Waals surface area contributed by atoms with Crippen LogP contribution in [0.3, 0.4) is 0 Å². The molecule has 2 N–H and O–H groups in total. The highest BCUT2D eigenvalue weighted by Gasteiger charge is 2.50. The number of carbonyl (C=O) groups excluding carboxylic acids is 4. The standard InChI is InChI=1S/C46H54F3N9O7S/c1-26(2)57-17-18-65-41-34(48)19-27(20-38(41)57)40-35(49)25-50-45(53-40)51-28-5-13-56(14-6-28)66(63,64)30-7-11-54(12-8-30)29-23-46(24-29)9-15-55(16-10-46)37-22-32-31(21-33(37)47)43(61)58(44(32)62)36-3-4-39(59)52-42(36)60/h19-22,25-26,28-30,36H,3-18,23-24H2,1-2H3,(H,50,51,53)(H,52,59,60). The van der Waals surface area contributed by atoms with E-state index in [2.05, 4.69) is 25.5 Å². The number of rotatable bonds is 9. The lowest BCUT2D eigenvalue weighted by molar-refractivity contribution is -0.136. The molecule has 1 unspecified atom stereocenters. The second-order valence-electron chi connectivity index (χ2n) is 19.3. The number of fused-ring (bicyclic) bond motifs is 2. The second kappa shape index (κ2) is 17.1. The molecule has 1 atom stereocenters. The number of nitrogens with zero attached hydrogens (tertiary/aromatic N) is 7. The fourth-order valence-electron chi connectivity index (χ4n) is 11.4. The number of aromatic nitrogens is 2. The van der Waals surface area contributed by atoms with E-state index in [1.807, 2.05) is 23.6 Å². The predicted molar refractivity (Wildman–Crippen MR) is 237 cm³/mol. The molecular weight excluding hydrogens is 880 g/mol. The van der Waals surface area contributed by atoms with Gasteiger partial charge in [0.15, 0.2) is 17.4 Å². The van der Waals surface area contributed by atoms with E-state index in [9.17, 15) is 27.6 Å². The lowest BCUT2D eigenvalue weighted by Gasteiger charge is -2.56. The number of anilines is 3. The third kappa shape index (κ3) is 7.95. The van der Waals surface area contributed by atoms with Crippen LogP contribution in [0.2, 0.25) is 0 Å². The molecule has 7 heterocycles. The van der Waals surface area contributed by atoms with Gasteiger partial charge in [-0.3, -0.25) is 29.4 Å². The smallest absolute Gasteiger partial charge is 0.262 e. The average molecular weight is 934 g/mol. The van der Waals surface area contributed by atoms with Gasteiger partial charge in [0.1, 0.15) is 24.2 Å². The number of ether oxygens (including phenoxy) is 1. The summed E-state index contributed by atoms with van der Waals surface area (Å²) >= 11 is 0. The van der Waals surface area contributed by atoms with Crippen molar-refractivity contribution in [1.29, 1.82) is 0 Å². The first kappa shape index (κ1) is 44.5. The molecule has 4 amide bonds. The van der Waals surface area contributed by atoms with Gasteiger partial charge in [-0.15, -0.1) is 0 Å². The molecule has 0 radical (unpaired) electrons. The Morgan fingerprint density at radius 2 is 1.52 bits per heavy atom. The first-order valence-corrected chi connectivity index (χ1v) is 24.6. The number of hydrogen-bond donors (Lipinski definition) is 2. The number of halogens is 3. The summed E-state index contributed by atoms with van der Waals surface area (Å²) in [4.78, 5) is 66.4. The quantitative estimate of drug-likeness (QED) is 0.283. The molecule has 2 aromatic carbocycles. The fraction of sp³-hybridized carbons (Fsp3) is 0.565. The Balaban J connectivity index is 0.690. The first-order valence-electron chi connectivity index (χ1n) is 23.1. The topological polar surface area (TPSA) is 178 Å². The van der Waals surface area contributed by atoms with Crippen molar-refractivity contribution in [2.75, 3.05) is 67.5 Å². The molecule has 66 heavy (non-hydrogen) atoms. The van der Waals surface area contributed by atoms with E-state index in [1.165, 1.54) is 12.1 Å². The molecule has 4 saturated heterocycles. The van der Waals surface area contributed by atoms with Crippen LogP contribution in [0, 0.1) is 22.9 Å². The van der Waals surface area contributed by atoms with Crippen LogP contribution >= 0.6 is 0 Å². The molecule has 1 saturated carbocycles. The maximum atomic E-state index is 15.6. The SMILES string of the molecule is CC(C)N1CCOc2c(F)cc(-c3nc(NC4CCN(S(=O)(=O)C5CCN(C6CC7(CCN(c8cc9c(cc8F)C(=O)N(C8CCC(=O)NC8=O)C9=O)CC7)C6)CC5)CC4)ncc3F)cc21. The van der Waals surface area contributed by atoms with E-state index < -0.39 is 62.4 Å². The summed E-state index contributed by atoms with van der Waals surface area (Å²) in [5.74, 6) is -4.15. The largest absolute Gasteiger partial charge is 0.486 e. The van der Waals surface area contributed by atoms with Gasteiger partial charge >= 0.3 is 0 Å². The van der Waals surface area contributed by atoms with Crippen LogP contribution in [-0.2, 0) is 19.6 Å². The summed E-state index contributed by atoms with van der Waals surface area (Å²) in [6.45, 7) is 8.14. The van der Waals surface area contributed by atoms with Crippen molar-refractivity contribution in [2.45, 2.75) is 107 Å². The number of benzene rings is 2. The van der Waals surface area contributed by atoms with Crippen molar-refractivity contribution in [3.05, 3.63) is 59.0 Å². The molecule has 10 rings (SSSR count). The predicted octanol–water partition coefficient (Wildman–Crippen LogP) is 4.69. The van der Waals surface area contributed by atoms with Crippen LogP contribution in [0.5, 0.6) is 5.75 Å².